The van der Waals surface area contributed by atoms with Crippen molar-refractivity contribution in [2.45, 2.75) is 53.0 Å². The molecule has 0 aromatic heterocycles. The fourth-order valence-electron chi connectivity index (χ4n) is 3.40. The molecular formula is C17H24N2. The summed E-state index contributed by atoms with van der Waals surface area (Å²) in [6.45, 7) is 8.70. The lowest BCUT2D eigenvalue weighted by Crippen LogP contribution is -2.41. The molecule has 1 N–H and O–H groups in total. The first-order chi connectivity index (χ1) is 8.96. The molecule has 1 unspecified atom stereocenters. The van der Waals surface area contributed by atoms with Crippen LogP contribution in [-0.4, -0.2) is 7.05 Å². The molecule has 0 amide bonds. The molecule has 0 bridgehead atoms. The van der Waals surface area contributed by atoms with E-state index in [9.17, 15) is 5.26 Å². The predicted octanol–water partition coefficient (Wildman–Crippen LogP) is 3.87. The van der Waals surface area contributed by atoms with Gasteiger partial charge in [-0.3, -0.25) is 0 Å². The molecule has 2 nitrogen and oxygen atoms in total. The zero-order valence-corrected chi connectivity index (χ0v) is 12.7. The van der Waals surface area contributed by atoms with Crippen LogP contribution < -0.4 is 5.32 Å². The Kier molecular flexibility index (Phi) is 3.69. The molecule has 0 radical (unpaired) electrons. The third kappa shape index (κ3) is 2.07. The van der Waals surface area contributed by atoms with Crippen molar-refractivity contribution in [2.24, 2.45) is 5.41 Å². The Morgan fingerprint density at radius 1 is 1.16 bits per heavy atom. The molecule has 19 heavy (non-hydrogen) atoms. The second kappa shape index (κ2) is 4.98. The molecule has 1 fully saturated rings. The normalized spacial score (nSPS) is 18.5. The van der Waals surface area contributed by atoms with Crippen molar-refractivity contribution in [3.8, 4) is 6.07 Å². The van der Waals surface area contributed by atoms with Crippen LogP contribution in [0.4, 0.5) is 0 Å². The van der Waals surface area contributed by atoms with E-state index in [0.717, 1.165) is 12.8 Å². The van der Waals surface area contributed by atoms with Gasteiger partial charge in [-0.05, 0) is 75.4 Å². The highest BCUT2D eigenvalue weighted by Gasteiger charge is 2.45. The number of nitriles is 1. The van der Waals surface area contributed by atoms with E-state index in [1.54, 1.807) is 0 Å². The van der Waals surface area contributed by atoms with Gasteiger partial charge in [-0.15, -0.1) is 0 Å². The highest BCUT2D eigenvalue weighted by molar-refractivity contribution is 5.47. The topological polar surface area (TPSA) is 35.8 Å². The van der Waals surface area contributed by atoms with Crippen LogP contribution in [0.5, 0.6) is 0 Å². The molecule has 1 aliphatic rings. The van der Waals surface area contributed by atoms with E-state index in [2.05, 4.69) is 45.1 Å². The van der Waals surface area contributed by atoms with E-state index in [4.69, 9.17) is 0 Å². The Bertz CT molecular complexity index is 507. The Balaban J connectivity index is 2.59. The lowest BCUT2D eigenvalue weighted by Gasteiger charge is -2.43. The molecule has 1 atom stereocenters. The van der Waals surface area contributed by atoms with E-state index in [0.29, 0.717) is 0 Å². The zero-order chi connectivity index (χ0) is 14.2. The maximum absolute atomic E-state index is 9.63. The van der Waals surface area contributed by atoms with Gasteiger partial charge in [-0.25, -0.2) is 0 Å². The van der Waals surface area contributed by atoms with Gasteiger partial charge in [0.15, 0.2) is 0 Å². The van der Waals surface area contributed by atoms with Gasteiger partial charge < -0.3 is 5.32 Å². The summed E-state index contributed by atoms with van der Waals surface area (Å²) in [5.41, 5.74) is 6.47. The largest absolute Gasteiger partial charge is 0.312 e. The summed E-state index contributed by atoms with van der Waals surface area (Å²) in [6, 6.07) is 5.00. The maximum atomic E-state index is 9.63. The molecule has 1 saturated carbocycles. The van der Waals surface area contributed by atoms with Crippen LogP contribution in [0.1, 0.15) is 53.1 Å². The first kappa shape index (κ1) is 14.1. The highest BCUT2D eigenvalue weighted by atomic mass is 14.9. The Hall–Kier alpha value is -1.33. The SMILES string of the molecule is CNC(c1c(C)c(C)cc(C)c1C)C1(C#N)CCC1. The number of hydrogen-bond donors (Lipinski definition) is 1. The van der Waals surface area contributed by atoms with Crippen molar-refractivity contribution in [2.75, 3.05) is 7.05 Å². The Morgan fingerprint density at radius 2 is 1.68 bits per heavy atom. The van der Waals surface area contributed by atoms with Crippen LogP contribution in [0.3, 0.4) is 0 Å². The van der Waals surface area contributed by atoms with Gasteiger partial charge in [0, 0.05) is 0 Å². The average molecular weight is 256 g/mol. The van der Waals surface area contributed by atoms with Gasteiger partial charge in [0.2, 0.25) is 0 Å². The molecule has 0 spiro atoms. The van der Waals surface area contributed by atoms with Crippen molar-refractivity contribution >= 4 is 0 Å². The minimum Gasteiger partial charge on any atom is -0.312 e. The zero-order valence-electron chi connectivity index (χ0n) is 12.7. The third-order valence-electron chi connectivity index (χ3n) is 5.02. The van der Waals surface area contributed by atoms with Crippen LogP contribution in [0.2, 0.25) is 0 Å². The number of benzene rings is 1. The van der Waals surface area contributed by atoms with E-state index < -0.39 is 0 Å². The van der Waals surface area contributed by atoms with Gasteiger partial charge in [0.1, 0.15) is 0 Å². The lowest BCUT2D eigenvalue weighted by atomic mass is 9.62. The van der Waals surface area contributed by atoms with E-state index >= 15 is 0 Å². The first-order valence-electron chi connectivity index (χ1n) is 7.12. The minimum atomic E-state index is -0.204. The lowest BCUT2D eigenvalue weighted by molar-refractivity contribution is 0.148. The smallest absolute Gasteiger partial charge is 0.0768 e. The second-order valence-electron chi connectivity index (χ2n) is 6.02. The second-order valence-corrected chi connectivity index (χ2v) is 6.02. The van der Waals surface area contributed by atoms with Gasteiger partial charge in [-0.1, -0.05) is 12.5 Å². The molecule has 2 heteroatoms. The number of nitrogens with one attached hydrogen (secondary N) is 1. The third-order valence-corrected chi connectivity index (χ3v) is 5.02. The number of aryl methyl sites for hydroxylation is 2. The standard InChI is InChI=1S/C17H24N2/c1-11-9-12(2)14(4)15(13(11)3)16(19-5)17(10-18)7-6-8-17/h9,16,19H,6-8H2,1-5H3. The summed E-state index contributed by atoms with van der Waals surface area (Å²) in [5.74, 6) is 0. The summed E-state index contributed by atoms with van der Waals surface area (Å²) in [4.78, 5) is 0. The summed E-state index contributed by atoms with van der Waals surface area (Å²) in [5, 5.41) is 13.1. The fraction of sp³-hybridized carbons (Fsp3) is 0.588. The predicted molar refractivity (Wildman–Crippen MR) is 79.1 cm³/mol. The fourth-order valence-corrected chi connectivity index (χ4v) is 3.40. The Labute approximate surface area is 116 Å². The van der Waals surface area contributed by atoms with Gasteiger partial charge in [0.05, 0.1) is 17.5 Å². The van der Waals surface area contributed by atoms with Crippen molar-refractivity contribution in [3.05, 3.63) is 33.9 Å². The van der Waals surface area contributed by atoms with Gasteiger partial charge >= 0.3 is 0 Å². The van der Waals surface area contributed by atoms with E-state index in [-0.39, 0.29) is 11.5 Å². The van der Waals surface area contributed by atoms with Crippen molar-refractivity contribution in [1.29, 1.82) is 5.26 Å². The molecule has 102 valence electrons. The molecule has 1 aromatic rings. The van der Waals surface area contributed by atoms with Crippen LogP contribution in [0.15, 0.2) is 6.07 Å². The molecule has 0 heterocycles. The van der Waals surface area contributed by atoms with E-state index in [1.165, 1.54) is 34.2 Å². The van der Waals surface area contributed by atoms with E-state index in [1.807, 2.05) is 7.05 Å². The first-order valence-corrected chi connectivity index (χ1v) is 7.12. The van der Waals surface area contributed by atoms with Crippen LogP contribution in [-0.2, 0) is 0 Å². The quantitative estimate of drug-likeness (QED) is 0.891. The monoisotopic (exact) mass is 256 g/mol. The molecule has 1 aliphatic carbocycles. The summed E-state index contributed by atoms with van der Waals surface area (Å²) in [6.07, 6.45) is 3.20. The molecule has 1 aromatic carbocycles. The van der Waals surface area contributed by atoms with Crippen LogP contribution >= 0.6 is 0 Å². The van der Waals surface area contributed by atoms with Gasteiger partial charge in [-0.2, -0.15) is 5.26 Å². The summed E-state index contributed by atoms with van der Waals surface area (Å²) >= 11 is 0. The maximum Gasteiger partial charge on any atom is 0.0768 e. The minimum absolute atomic E-state index is 0.157. The van der Waals surface area contributed by atoms with Crippen LogP contribution in [0, 0.1) is 44.4 Å². The highest BCUT2D eigenvalue weighted by Crippen LogP contribution is 2.51. The van der Waals surface area contributed by atoms with Gasteiger partial charge in [0.25, 0.3) is 0 Å². The molecular weight excluding hydrogens is 232 g/mol. The number of nitrogens with zero attached hydrogens (tertiary/aromatic N) is 1. The van der Waals surface area contributed by atoms with Crippen LogP contribution in [0.25, 0.3) is 0 Å². The number of rotatable bonds is 3. The summed E-state index contributed by atoms with van der Waals surface area (Å²) in [7, 11) is 1.98. The molecule has 2 rings (SSSR count). The summed E-state index contributed by atoms with van der Waals surface area (Å²) < 4.78 is 0. The van der Waals surface area contributed by atoms with Crippen molar-refractivity contribution in [1.82, 2.24) is 5.32 Å². The molecule has 0 saturated heterocycles. The Morgan fingerprint density at radius 3 is 2.00 bits per heavy atom. The van der Waals surface area contributed by atoms with Crippen molar-refractivity contribution < 1.29 is 0 Å². The average Bonchev–Trinajstić information content (AvgIpc) is 2.34. The number of hydrogen-bond acceptors (Lipinski definition) is 2. The van der Waals surface area contributed by atoms with Crippen molar-refractivity contribution in [3.63, 3.8) is 0 Å². The molecule has 0 aliphatic heterocycles.